The van der Waals surface area contributed by atoms with Gasteiger partial charge in [0.15, 0.2) is 0 Å². The molecule has 27 heavy (non-hydrogen) atoms. The number of hydrogen-bond donors (Lipinski definition) is 2. The summed E-state index contributed by atoms with van der Waals surface area (Å²) in [7, 11) is 1.63. The molecule has 6 nitrogen and oxygen atoms in total. The summed E-state index contributed by atoms with van der Waals surface area (Å²) in [6.07, 6.45) is 0.922. The van der Waals surface area contributed by atoms with Gasteiger partial charge in [0.1, 0.15) is 0 Å². The van der Waals surface area contributed by atoms with E-state index in [0.717, 1.165) is 16.5 Å². The molecule has 2 aromatic carbocycles. The third-order valence-corrected chi connectivity index (χ3v) is 4.13. The van der Waals surface area contributed by atoms with E-state index in [9.17, 15) is 9.90 Å². The first-order valence-electron chi connectivity index (χ1n) is 8.79. The first kappa shape index (κ1) is 18.8. The summed E-state index contributed by atoms with van der Waals surface area (Å²) >= 11 is 0. The minimum atomic E-state index is -0.768. The van der Waals surface area contributed by atoms with Crippen molar-refractivity contribution < 1.29 is 14.6 Å². The van der Waals surface area contributed by atoms with Crippen LogP contribution in [0, 0.1) is 0 Å². The number of urea groups is 1. The molecular formula is C21H23N3O3. The van der Waals surface area contributed by atoms with Gasteiger partial charge in [-0.1, -0.05) is 48.5 Å². The first-order chi connectivity index (χ1) is 13.1. The monoisotopic (exact) mass is 365 g/mol. The van der Waals surface area contributed by atoms with Crippen molar-refractivity contribution >= 4 is 22.6 Å². The van der Waals surface area contributed by atoms with Crippen LogP contribution >= 0.6 is 0 Å². The van der Waals surface area contributed by atoms with Crippen LogP contribution in [0.25, 0.3) is 10.9 Å². The molecule has 2 amide bonds. The second-order valence-corrected chi connectivity index (χ2v) is 6.35. The third kappa shape index (κ3) is 5.26. The molecule has 1 aromatic heterocycles. The summed E-state index contributed by atoms with van der Waals surface area (Å²) in [5.41, 5.74) is 2.41. The van der Waals surface area contributed by atoms with Crippen molar-refractivity contribution in [3.8, 4) is 0 Å². The summed E-state index contributed by atoms with van der Waals surface area (Å²) in [5, 5.41) is 13.9. The summed E-state index contributed by atoms with van der Waals surface area (Å²) in [6, 6.07) is 18.8. The Kier molecular flexibility index (Phi) is 6.35. The van der Waals surface area contributed by atoms with Crippen LogP contribution in [0.4, 0.5) is 10.5 Å². The summed E-state index contributed by atoms with van der Waals surface area (Å²) in [5.74, 6) is 0. The Morgan fingerprint density at radius 2 is 1.93 bits per heavy atom. The summed E-state index contributed by atoms with van der Waals surface area (Å²) < 4.78 is 5.52. The highest BCUT2D eigenvalue weighted by atomic mass is 16.5. The molecule has 0 radical (unpaired) electrons. The molecule has 2 N–H and O–H groups in total. The Balaban J connectivity index is 1.49. The van der Waals surface area contributed by atoms with Crippen LogP contribution in [0.2, 0.25) is 0 Å². The Morgan fingerprint density at radius 3 is 2.74 bits per heavy atom. The smallest absolute Gasteiger partial charge is 0.321 e. The minimum absolute atomic E-state index is 0.155. The number of benzene rings is 2. The van der Waals surface area contributed by atoms with Gasteiger partial charge in [0.2, 0.25) is 0 Å². The van der Waals surface area contributed by atoms with E-state index in [-0.39, 0.29) is 19.2 Å². The number of aliphatic hydroxyl groups excluding tert-OH is 1. The Hall–Kier alpha value is -2.96. The molecule has 1 atom stereocenters. The highest BCUT2D eigenvalue weighted by Crippen LogP contribution is 2.20. The molecule has 0 saturated heterocycles. The third-order valence-electron chi connectivity index (χ3n) is 4.13. The molecule has 6 heteroatoms. The van der Waals surface area contributed by atoms with Gasteiger partial charge in [-0.05, 0) is 17.7 Å². The van der Waals surface area contributed by atoms with E-state index < -0.39 is 6.10 Å². The topological polar surface area (TPSA) is 74.7 Å². The molecule has 3 rings (SSSR count). The fraction of sp³-hybridized carbons (Fsp3) is 0.238. The zero-order valence-corrected chi connectivity index (χ0v) is 15.2. The van der Waals surface area contributed by atoms with Gasteiger partial charge in [-0.15, -0.1) is 0 Å². The number of nitrogens with one attached hydrogen (secondary N) is 1. The van der Waals surface area contributed by atoms with Gasteiger partial charge >= 0.3 is 6.03 Å². The van der Waals surface area contributed by atoms with Gasteiger partial charge in [0.25, 0.3) is 0 Å². The maximum Gasteiger partial charge on any atom is 0.321 e. The van der Waals surface area contributed by atoms with E-state index in [1.165, 1.54) is 4.90 Å². The van der Waals surface area contributed by atoms with Crippen molar-refractivity contribution in [1.82, 2.24) is 9.88 Å². The number of pyridine rings is 1. The number of fused-ring (bicyclic) bond motifs is 1. The molecule has 0 fully saturated rings. The van der Waals surface area contributed by atoms with Crippen molar-refractivity contribution in [2.24, 2.45) is 0 Å². The van der Waals surface area contributed by atoms with E-state index in [1.54, 1.807) is 19.3 Å². The zero-order chi connectivity index (χ0) is 19.1. The number of aliphatic hydroxyl groups is 1. The van der Waals surface area contributed by atoms with Crippen LogP contribution in [-0.2, 0) is 11.3 Å². The van der Waals surface area contributed by atoms with Crippen LogP contribution in [0.15, 0.2) is 66.9 Å². The lowest BCUT2D eigenvalue weighted by Crippen LogP contribution is -2.38. The number of likely N-dealkylation sites (N-methyl/N-ethyl adjacent to an activating group) is 1. The number of amides is 2. The number of carbonyl (C=O) groups is 1. The lowest BCUT2D eigenvalue weighted by Gasteiger charge is -2.21. The van der Waals surface area contributed by atoms with Crippen LogP contribution in [0.5, 0.6) is 0 Å². The highest BCUT2D eigenvalue weighted by molar-refractivity contribution is 5.99. The Morgan fingerprint density at radius 1 is 1.15 bits per heavy atom. The van der Waals surface area contributed by atoms with E-state index >= 15 is 0 Å². The summed E-state index contributed by atoms with van der Waals surface area (Å²) in [6.45, 7) is 0.747. The van der Waals surface area contributed by atoms with E-state index in [4.69, 9.17) is 4.74 Å². The van der Waals surface area contributed by atoms with Crippen molar-refractivity contribution in [2.75, 3.05) is 25.5 Å². The summed E-state index contributed by atoms with van der Waals surface area (Å²) in [4.78, 5) is 18.2. The molecule has 3 aromatic rings. The van der Waals surface area contributed by atoms with Crippen LogP contribution in [0.1, 0.15) is 5.56 Å². The van der Waals surface area contributed by atoms with Gasteiger partial charge in [-0.2, -0.15) is 0 Å². The van der Waals surface area contributed by atoms with Crippen molar-refractivity contribution in [1.29, 1.82) is 0 Å². The number of nitrogens with zero attached hydrogens (tertiary/aromatic N) is 2. The largest absolute Gasteiger partial charge is 0.389 e. The van der Waals surface area contributed by atoms with E-state index in [0.29, 0.717) is 12.3 Å². The second-order valence-electron chi connectivity index (χ2n) is 6.35. The fourth-order valence-electron chi connectivity index (χ4n) is 2.75. The number of hydrogen-bond acceptors (Lipinski definition) is 4. The molecule has 0 aliphatic rings. The average molecular weight is 365 g/mol. The predicted octanol–water partition coefficient (Wildman–Crippen LogP) is 3.28. The number of ether oxygens (including phenoxy) is 1. The lowest BCUT2D eigenvalue weighted by molar-refractivity contribution is 0.0188. The maximum atomic E-state index is 12.4. The number of rotatable bonds is 7. The van der Waals surface area contributed by atoms with Gasteiger partial charge in [0.05, 0.1) is 37.1 Å². The molecular weight excluding hydrogens is 342 g/mol. The molecule has 0 aliphatic heterocycles. The van der Waals surface area contributed by atoms with Crippen LogP contribution in [-0.4, -0.2) is 47.3 Å². The Bertz CT molecular complexity index is 881. The average Bonchev–Trinajstić information content (AvgIpc) is 2.69. The second kappa shape index (κ2) is 9.12. The molecule has 1 heterocycles. The predicted molar refractivity (Wildman–Crippen MR) is 105 cm³/mol. The van der Waals surface area contributed by atoms with Crippen molar-refractivity contribution in [3.05, 3.63) is 72.4 Å². The fourth-order valence-corrected chi connectivity index (χ4v) is 2.75. The van der Waals surface area contributed by atoms with Gasteiger partial charge in [-0.3, -0.25) is 4.98 Å². The van der Waals surface area contributed by atoms with E-state index in [2.05, 4.69) is 10.3 Å². The van der Waals surface area contributed by atoms with Gasteiger partial charge < -0.3 is 20.1 Å². The molecule has 140 valence electrons. The minimum Gasteiger partial charge on any atom is -0.389 e. The maximum absolute atomic E-state index is 12.4. The number of anilines is 1. The molecule has 1 unspecified atom stereocenters. The number of para-hydroxylation sites is 1. The van der Waals surface area contributed by atoms with Crippen LogP contribution < -0.4 is 5.32 Å². The highest BCUT2D eigenvalue weighted by Gasteiger charge is 2.15. The van der Waals surface area contributed by atoms with Crippen molar-refractivity contribution in [3.63, 3.8) is 0 Å². The van der Waals surface area contributed by atoms with Gasteiger partial charge in [-0.25, -0.2) is 4.79 Å². The molecule has 0 aliphatic carbocycles. The van der Waals surface area contributed by atoms with E-state index in [1.807, 2.05) is 54.6 Å². The van der Waals surface area contributed by atoms with Gasteiger partial charge in [0, 0.05) is 18.6 Å². The standard InChI is InChI=1S/C21H23N3O3/c1-24(13-18(25)15-27-14-16-7-3-2-4-8-16)21(26)23-19-11-5-9-17-10-6-12-22-20(17)19/h2-12,18,25H,13-15H2,1H3,(H,23,26). The SMILES string of the molecule is CN(CC(O)COCc1ccccc1)C(=O)Nc1cccc2cccnc12. The number of carbonyl (C=O) groups excluding carboxylic acids is 1. The van der Waals surface area contributed by atoms with Crippen LogP contribution in [0.3, 0.4) is 0 Å². The molecule has 0 spiro atoms. The quantitative estimate of drug-likeness (QED) is 0.674. The lowest BCUT2D eigenvalue weighted by atomic mass is 10.2. The first-order valence-corrected chi connectivity index (χ1v) is 8.79. The Labute approximate surface area is 158 Å². The van der Waals surface area contributed by atoms with Crippen molar-refractivity contribution in [2.45, 2.75) is 12.7 Å². The zero-order valence-electron chi connectivity index (χ0n) is 15.2. The molecule has 0 bridgehead atoms. The normalized spacial score (nSPS) is 11.9. The number of aromatic nitrogens is 1. The molecule has 0 saturated carbocycles.